The minimum atomic E-state index is -0.568. The maximum atomic E-state index is 12.8. The number of carbonyl (C=O) groups is 1. The first-order valence-corrected chi connectivity index (χ1v) is 6.65. The number of alkyl carbamates (subject to hydrolysis) is 1. The molecule has 1 aromatic rings. The fourth-order valence-electron chi connectivity index (χ4n) is 1.68. The number of amides is 1. The summed E-state index contributed by atoms with van der Waals surface area (Å²) in [6.45, 7) is 5.16. The Kier molecular flexibility index (Phi) is 5.95. The normalized spacial score (nSPS) is 12.8. The van der Waals surface area contributed by atoms with Gasteiger partial charge in [0, 0.05) is 0 Å². The molecule has 112 valence electrons. The average molecular weight is 283 g/mol. The summed E-state index contributed by atoms with van der Waals surface area (Å²) >= 11 is 0. The third-order valence-electron chi connectivity index (χ3n) is 2.64. The van der Waals surface area contributed by atoms with E-state index in [1.165, 1.54) is 12.1 Å². The highest BCUT2D eigenvalue weighted by Crippen LogP contribution is 2.09. The molecule has 0 aromatic heterocycles. The van der Waals surface area contributed by atoms with Crippen LogP contribution in [-0.4, -0.2) is 29.4 Å². The van der Waals surface area contributed by atoms with Crippen molar-refractivity contribution in [2.45, 2.75) is 45.3 Å². The molecule has 0 radical (unpaired) electrons. The molecule has 20 heavy (non-hydrogen) atoms. The first-order valence-electron chi connectivity index (χ1n) is 6.65. The Labute approximate surface area is 119 Å². The van der Waals surface area contributed by atoms with Gasteiger partial charge in [-0.05, 0) is 51.3 Å². The smallest absolute Gasteiger partial charge is 0.407 e. The van der Waals surface area contributed by atoms with Crippen LogP contribution in [0.3, 0.4) is 0 Å². The number of ether oxygens (including phenoxy) is 1. The van der Waals surface area contributed by atoms with Crippen LogP contribution in [0.1, 0.15) is 32.8 Å². The molecule has 4 nitrogen and oxygen atoms in total. The van der Waals surface area contributed by atoms with Crippen LogP contribution < -0.4 is 5.32 Å². The minimum Gasteiger partial charge on any atom is -0.444 e. The molecule has 0 fully saturated rings. The van der Waals surface area contributed by atoms with E-state index in [0.29, 0.717) is 12.8 Å². The zero-order valence-electron chi connectivity index (χ0n) is 12.1. The van der Waals surface area contributed by atoms with Gasteiger partial charge >= 0.3 is 6.09 Å². The van der Waals surface area contributed by atoms with E-state index in [4.69, 9.17) is 4.74 Å². The average Bonchev–Trinajstić information content (AvgIpc) is 2.34. The summed E-state index contributed by atoms with van der Waals surface area (Å²) in [7, 11) is 0. The second kappa shape index (κ2) is 7.24. The Morgan fingerprint density at radius 1 is 1.35 bits per heavy atom. The lowest BCUT2D eigenvalue weighted by atomic mass is 10.1. The highest BCUT2D eigenvalue weighted by Gasteiger charge is 2.19. The summed E-state index contributed by atoms with van der Waals surface area (Å²) in [6, 6.07) is 5.79. The molecule has 1 rings (SSSR count). The van der Waals surface area contributed by atoms with Crippen LogP contribution in [0.15, 0.2) is 24.3 Å². The van der Waals surface area contributed by atoms with Crippen molar-refractivity contribution in [2.24, 2.45) is 0 Å². The molecule has 0 saturated carbocycles. The van der Waals surface area contributed by atoms with Crippen LogP contribution in [0.25, 0.3) is 0 Å². The van der Waals surface area contributed by atoms with Crippen LogP contribution in [0.2, 0.25) is 0 Å². The minimum absolute atomic E-state index is 0.166. The maximum absolute atomic E-state index is 12.8. The van der Waals surface area contributed by atoms with E-state index in [1.807, 2.05) is 0 Å². The maximum Gasteiger partial charge on any atom is 0.407 e. The molecule has 0 spiro atoms. The molecule has 0 heterocycles. The number of hydrogen-bond donors (Lipinski definition) is 2. The van der Waals surface area contributed by atoms with Crippen molar-refractivity contribution in [3.05, 3.63) is 35.6 Å². The lowest BCUT2D eigenvalue weighted by Gasteiger charge is -2.22. The number of carbonyl (C=O) groups excluding carboxylic acids is 1. The van der Waals surface area contributed by atoms with Gasteiger partial charge < -0.3 is 15.2 Å². The summed E-state index contributed by atoms with van der Waals surface area (Å²) < 4.78 is 17.9. The third kappa shape index (κ3) is 6.52. The Balaban J connectivity index is 2.43. The van der Waals surface area contributed by atoms with E-state index in [1.54, 1.807) is 32.9 Å². The number of aryl methyl sites for hydroxylation is 1. The molecule has 1 atom stereocenters. The first kappa shape index (κ1) is 16.4. The predicted molar refractivity (Wildman–Crippen MR) is 75.0 cm³/mol. The standard InChI is InChI=1S/C15H22FNO3/c1-15(2,3)20-14(19)17-13(10-18)9-6-11-4-7-12(16)8-5-11/h4-5,7-8,13,18H,6,9-10H2,1-3H3,(H,17,19). The lowest BCUT2D eigenvalue weighted by Crippen LogP contribution is -2.41. The quantitative estimate of drug-likeness (QED) is 0.873. The lowest BCUT2D eigenvalue weighted by molar-refractivity contribution is 0.0479. The Bertz CT molecular complexity index is 426. The second-order valence-corrected chi connectivity index (χ2v) is 5.69. The van der Waals surface area contributed by atoms with Gasteiger partial charge in [0.1, 0.15) is 11.4 Å². The largest absolute Gasteiger partial charge is 0.444 e. The molecule has 5 heteroatoms. The van der Waals surface area contributed by atoms with Gasteiger partial charge in [-0.15, -0.1) is 0 Å². The van der Waals surface area contributed by atoms with E-state index in [-0.39, 0.29) is 18.5 Å². The topological polar surface area (TPSA) is 58.6 Å². The number of hydrogen-bond acceptors (Lipinski definition) is 3. The van der Waals surface area contributed by atoms with Gasteiger partial charge in [0.2, 0.25) is 0 Å². The molecular formula is C15H22FNO3. The number of nitrogens with one attached hydrogen (secondary N) is 1. The van der Waals surface area contributed by atoms with Crippen molar-refractivity contribution < 1.29 is 19.0 Å². The number of aliphatic hydroxyl groups is 1. The summed E-state index contributed by atoms with van der Waals surface area (Å²) in [5.74, 6) is -0.278. The number of benzene rings is 1. The van der Waals surface area contributed by atoms with Crippen molar-refractivity contribution in [1.29, 1.82) is 0 Å². The fourth-order valence-corrected chi connectivity index (χ4v) is 1.68. The van der Waals surface area contributed by atoms with Gasteiger partial charge in [-0.1, -0.05) is 12.1 Å². The molecule has 0 aliphatic rings. The number of rotatable bonds is 5. The Morgan fingerprint density at radius 3 is 2.45 bits per heavy atom. The monoisotopic (exact) mass is 283 g/mol. The van der Waals surface area contributed by atoms with E-state index < -0.39 is 11.7 Å². The van der Waals surface area contributed by atoms with Gasteiger partial charge in [0.05, 0.1) is 12.6 Å². The van der Waals surface area contributed by atoms with Crippen molar-refractivity contribution in [2.75, 3.05) is 6.61 Å². The summed E-state index contributed by atoms with van der Waals surface area (Å²) in [6.07, 6.45) is 0.651. The van der Waals surface area contributed by atoms with E-state index in [2.05, 4.69) is 5.32 Å². The van der Waals surface area contributed by atoms with Crippen LogP contribution in [0, 0.1) is 5.82 Å². The van der Waals surface area contributed by atoms with E-state index >= 15 is 0 Å². The number of aliphatic hydroxyl groups excluding tert-OH is 1. The molecule has 0 bridgehead atoms. The first-order chi connectivity index (χ1) is 9.30. The summed E-state index contributed by atoms with van der Waals surface area (Å²) in [5, 5.41) is 11.9. The molecule has 0 aliphatic carbocycles. The molecule has 1 aromatic carbocycles. The van der Waals surface area contributed by atoms with E-state index in [0.717, 1.165) is 5.56 Å². The van der Waals surface area contributed by atoms with E-state index in [9.17, 15) is 14.3 Å². The number of halogens is 1. The van der Waals surface area contributed by atoms with Crippen LogP contribution in [0.4, 0.5) is 9.18 Å². The predicted octanol–water partition coefficient (Wildman–Crippen LogP) is 2.64. The summed E-state index contributed by atoms with van der Waals surface area (Å²) in [5.41, 5.74) is 0.386. The van der Waals surface area contributed by atoms with Crippen molar-refractivity contribution in [3.63, 3.8) is 0 Å². The molecular weight excluding hydrogens is 261 g/mol. The van der Waals surface area contributed by atoms with Crippen molar-refractivity contribution in [1.82, 2.24) is 5.32 Å². The van der Waals surface area contributed by atoms with Crippen molar-refractivity contribution >= 4 is 6.09 Å². The van der Waals surface area contributed by atoms with Crippen LogP contribution in [0.5, 0.6) is 0 Å². The summed E-state index contributed by atoms with van der Waals surface area (Å²) in [4.78, 5) is 11.6. The second-order valence-electron chi connectivity index (χ2n) is 5.69. The molecule has 2 N–H and O–H groups in total. The molecule has 0 aliphatic heterocycles. The highest BCUT2D eigenvalue weighted by molar-refractivity contribution is 5.68. The van der Waals surface area contributed by atoms with Crippen LogP contribution in [-0.2, 0) is 11.2 Å². The van der Waals surface area contributed by atoms with Crippen molar-refractivity contribution in [3.8, 4) is 0 Å². The van der Waals surface area contributed by atoms with Gasteiger partial charge in [-0.2, -0.15) is 0 Å². The third-order valence-corrected chi connectivity index (χ3v) is 2.64. The zero-order chi connectivity index (χ0) is 15.2. The van der Waals surface area contributed by atoms with Gasteiger partial charge in [-0.3, -0.25) is 0 Å². The van der Waals surface area contributed by atoms with Crippen LogP contribution >= 0.6 is 0 Å². The van der Waals surface area contributed by atoms with Gasteiger partial charge in [-0.25, -0.2) is 9.18 Å². The fraction of sp³-hybridized carbons (Fsp3) is 0.533. The zero-order valence-corrected chi connectivity index (χ0v) is 12.1. The van der Waals surface area contributed by atoms with Gasteiger partial charge in [0.25, 0.3) is 0 Å². The molecule has 0 saturated heterocycles. The Morgan fingerprint density at radius 2 is 1.95 bits per heavy atom. The highest BCUT2D eigenvalue weighted by atomic mass is 19.1. The Hall–Kier alpha value is -1.62. The molecule has 1 amide bonds. The van der Waals surface area contributed by atoms with Gasteiger partial charge in [0.15, 0.2) is 0 Å². The molecule has 1 unspecified atom stereocenters. The SMILES string of the molecule is CC(C)(C)OC(=O)NC(CO)CCc1ccc(F)cc1.